The Morgan fingerprint density at radius 1 is 0.897 bits per heavy atom. The van der Waals surface area contributed by atoms with Gasteiger partial charge in [-0.25, -0.2) is 9.37 Å². The van der Waals surface area contributed by atoms with Crippen LogP contribution in [0.5, 0.6) is 11.5 Å². The van der Waals surface area contributed by atoms with E-state index in [9.17, 15) is 26.7 Å². The van der Waals surface area contributed by atoms with Gasteiger partial charge < -0.3 is 10.1 Å². The van der Waals surface area contributed by atoms with Crippen molar-refractivity contribution in [2.75, 3.05) is 5.32 Å². The summed E-state index contributed by atoms with van der Waals surface area (Å²) in [4.78, 5) is 25.7. The Balaban J connectivity index is 1.41. The zero-order valence-electron chi connectivity index (χ0n) is 20.1. The van der Waals surface area contributed by atoms with Gasteiger partial charge in [-0.3, -0.25) is 14.8 Å². The second kappa shape index (κ2) is 10.1. The predicted molar refractivity (Wildman–Crippen MR) is 133 cm³/mol. The lowest BCUT2D eigenvalue weighted by Gasteiger charge is -2.12. The van der Waals surface area contributed by atoms with Crippen molar-refractivity contribution < 1.29 is 31.5 Å². The lowest BCUT2D eigenvalue weighted by Crippen LogP contribution is -2.14. The summed E-state index contributed by atoms with van der Waals surface area (Å²) < 4.78 is 73.4. The molecule has 6 nitrogen and oxygen atoms in total. The smallest absolute Gasteiger partial charge is 0.416 e. The second-order valence-corrected chi connectivity index (χ2v) is 8.50. The van der Waals surface area contributed by atoms with Gasteiger partial charge in [0.25, 0.3) is 5.91 Å². The Labute approximate surface area is 218 Å². The molecule has 0 bridgehead atoms. The van der Waals surface area contributed by atoms with Gasteiger partial charge in [0.1, 0.15) is 5.75 Å². The molecule has 0 saturated carbocycles. The van der Waals surface area contributed by atoms with E-state index in [0.717, 1.165) is 29.5 Å². The lowest BCUT2D eigenvalue weighted by atomic mass is 10.1. The van der Waals surface area contributed by atoms with Gasteiger partial charge in [-0.1, -0.05) is 6.07 Å². The molecule has 2 aromatic heterocycles. The zero-order chi connectivity index (χ0) is 27.7. The van der Waals surface area contributed by atoms with E-state index >= 15 is 0 Å². The predicted octanol–water partition coefficient (Wildman–Crippen LogP) is 7.34. The molecule has 0 saturated heterocycles. The van der Waals surface area contributed by atoms with Gasteiger partial charge in [0.15, 0.2) is 11.6 Å². The van der Waals surface area contributed by atoms with Crippen LogP contribution in [0.3, 0.4) is 0 Å². The number of hydrogen-bond acceptors (Lipinski definition) is 5. The average Bonchev–Trinajstić information content (AvgIpc) is 2.91. The van der Waals surface area contributed by atoms with Gasteiger partial charge >= 0.3 is 6.18 Å². The van der Waals surface area contributed by atoms with Crippen LogP contribution in [-0.2, 0) is 6.18 Å². The fraction of sp³-hybridized carbons (Fsp3) is 0.0714. The highest BCUT2D eigenvalue weighted by Gasteiger charge is 2.31. The summed E-state index contributed by atoms with van der Waals surface area (Å²) in [5.41, 5.74) is 1.50. The number of amides is 1. The number of fused-ring (bicyclic) bond motifs is 1. The van der Waals surface area contributed by atoms with Crippen LogP contribution >= 0.6 is 0 Å². The number of rotatable bonds is 5. The summed E-state index contributed by atoms with van der Waals surface area (Å²) in [6.45, 7) is 1.85. The van der Waals surface area contributed by atoms with Crippen molar-refractivity contribution in [3.8, 4) is 22.8 Å². The molecule has 0 aliphatic carbocycles. The van der Waals surface area contributed by atoms with Gasteiger partial charge in [0.2, 0.25) is 5.82 Å². The van der Waals surface area contributed by atoms with Gasteiger partial charge in [-0.05, 0) is 49.4 Å². The Morgan fingerprint density at radius 2 is 1.72 bits per heavy atom. The fourth-order valence-electron chi connectivity index (χ4n) is 3.69. The molecule has 1 N–H and O–H groups in total. The molecule has 39 heavy (non-hydrogen) atoms. The summed E-state index contributed by atoms with van der Waals surface area (Å²) in [7, 11) is 0. The highest BCUT2D eigenvalue weighted by Crippen LogP contribution is 2.32. The van der Waals surface area contributed by atoms with Crippen molar-refractivity contribution >= 4 is 22.6 Å². The molecule has 0 fully saturated rings. The van der Waals surface area contributed by atoms with E-state index in [4.69, 9.17) is 4.74 Å². The summed E-state index contributed by atoms with van der Waals surface area (Å²) in [5.74, 6) is -4.05. The van der Waals surface area contributed by atoms with Crippen LogP contribution in [0.15, 0.2) is 79.1 Å². The van der Waals surface area contributed by atoms with E-state index in [1.807, 2.05) is 19.1 Å². The number of hydrogen-bond donors (Lipinski definition) is 1. The number of nitrogens with one attached hydrogen (secondary N) is 1. The second-order valence-electron chi connectivity index (χ2n) is 8.50. The highest BCUT2D eigenvalue weighted by atomic mass is 19.4. The minimum Gasteiger partial charge on any atom is -0.454 e. The van der Waals surface area contributed by atoms with Crippen LogP contribution in [0, 0.1) is 18.6 Å². The SMILES string of the molecule is Cc1ccc(-c2cnc3ccc(Oc4cc(NC(=O)c5cccc(C(F)(F)F)c5)cc(F)c4F)cc3n2)cn1. The molecule has 1 amide bonds. The molecule has 5 rings (SSSR count). The quantitative estimate of drug-likeness (QED) is 0.238. The van der Waals surface area contributed by atoms with E-state index in [1.54, 1.807) is 18.5 Å². The highest BCUT2D eigenvalue weighted by molar-refractivity contribution is 6.04. The van der Waals surface area contributed by atoms with Crippen molar-refractivity contribution in [2.45, 2.75) is 13.1 Å². The number of carbonyl (C=O) groups is 1. The van der Waals surface area contributed by atoms with E-state index in [1.165, 1.54) is 18.2 Å². The van der Waals surface area contributed by atoms with Crippen molar-refractivity contribution in [3.05, 3.63) is 108 Å². The Hall–Kier alpha value is -4.93. The number of benzene rings is 3. The van der Waals surface area contributed by atoms with Crippen LogP contribution in [0.1, 0.15) is 21.6 Å². The summed E-state index contributed by atoms with van der Waals surface area (Å²) in [5, 5.41) is 2.27. The standard InChI is InChI=1S/C28H17F5N4O2/c1-15-5-6-17(13-34-15)24-14-35-22-8-7-20(12-23(22)37-24)39-25-11-19(10-21(29)26(25)30)36-27(38)16-3-2-4-18(9-16)28(31,32)33/h2-14H,1H3,(H,36,38). The molecule has 2 heterocycles. The number of pyridine rings is 1. The Bertz CT molecular complexity index is 1710. The van der Waals surface area contributed by atoms with Crippen molar-refractivity contribution in [1.82, 2.24) is 15.0 Å². The van der Waals surface area contributed by atoms with E-state index in [0.29, 0.717) is 28.9 Å². The normalized spacial score (nSPS) is 11.4. The average molecular weight is 536 g/mol. The van der Waals surface area contributed by atoms with Gasteiger partial charge in [-0.15, -0.1) is 0 Å². The van der Waals surface area contributed by atoms with E-state index in [-0.39, 0.29) is 17.0 Å². The van der Waals surface area contributed by atoms with Crippen LogP contribution in [0.2, 0.25) is 0 Å². The Kier molecular flexibility index (Phi) is 6.65. The third kappa shape index (κ3) is 5.66. The first-order chi connectivity index (χ1) is 18.6. The number of ether oxygens (including phenoxy) is 1. The third-order valence-corrected chi connectivity index (χ3v) is 5.65. The number of aryl methyl sites for hydroxylation is 1. The number of halogens is 5. The first-order valence-corrected chi connectivity index (χ1v) is 11.4. The van der Waals surface area contributed by atoms with E-state index in [2.05, 4.69) is 20.3 Å². The molecule has 0 spiro atoms. The van der Waals surface area contributed by atoms with Gasteiger partial charge in [-0.2, -0.15) is 17.6 Å². The Morgan fingerprint density at radius 3 is 2.46 bits per heavy atom. The number of anilines is 1. The van der Waals surface area contributed by atoms with Crippen LogP contribution in [-0.4, -0.2) is 20.9 Å². The molecular formula is C28H17F5N4O2. The summed E-state index contributed by atoms with van der Waals surface area (Å²) >= 11 is 0. The van der Waals surface area contributed by atoms with Crippen molar-refractivity contribution in [2.24, 2.45) is 0 Å². The third-order valence-electron chi connectivity index (χ3n) is 5.65. The number of carbonyl (C=O) groups excluding carboxylic acids is 1. The first kappa shape index (κ1) is 25.7. The largest absolute Gasteiger partial charge is 0.454 e. The van der Waals surface area contributed by atoms with Gasteiger partial charge in [0.05, 0.1) is 28.5 Å². The van der Waals surface area contributed by atoms with Crippen LogP contribution in [0.25, 0.3) is 22.3 Å². The molecular weight excluding hydrogens is 519 g/mol. The molecule has 0 unspecified atom stereocenters. The zero-order valence-corrected chi connectivity index (χ0v) is 20.1. The first-order valence-electron chi connectivity index (χ1n) is 11.4. The van der Waals surface area contributed by atoms with Gasteiger partial charge in [0, 0.05) is 46.9 Å². The number of nitrogens with zero attached hydrogens (tertiary/aromatic N) is 3. The molecule has 3 aromatic carbocycles. The maximum Gasteiger partial charge on any atom is 0.416 e. The topological polar surface area (TPSA) is 77.0 Å². The van der Waals surface area contributed by atoms with Crippen molar-refractivity contribution in [3.63, 3.8) is 0 Å². The fourth-order valence-corrected chi connectivity index (χ4v) is 3.69. The molecule has 0 radical (unpaired) electrons. The maximum atomic E-state index is 14.6. The molecule has 196 valence electrons. The van der Waals surface area contributed by atoms with E-state index < -0.39 is 35.0 Å². The lowest BCUT2D eigenvalue weighted by molar-refractivity contribution is -0.137. The molecule has 0 aliphatic rings. The maximum absolute atomic E-state index is 14.6. The monoisotopic (exact) mass is 536 g/mol. The molecule has 0 atom stereocenters. The van der Waals surface area contributed by atoms with Crippen molar-refractivity contribution in [1.29, 1.82) is 0 Å². The minimum atomic E-state index is -4.65. The number of alkyl halides is 3. The number of aromatic nitrogens is 3. The molecule has 11 heteroatoms. The summed E-state index contributed by atoms with van der Waals surface area (Å²) in [6, 6.07) is 13.6. The van der Waals surface area contributed by atoms with Crippen LogP contribution < -0.4 is 10.1 Å². The van der Waals surface area contributed by atoms with Crippen LogP contribution in [0.4, 0.5) is 27.6 Å². The summed E-state index contributed by atoms with van der Waals surface area (Å²) in [6.07, 6.45) is -1.41. The molecule has 0 aliphatic heterocycles. The minimum absolute atomic E-state index is 0.107. The molecule has 5 aromatic rings.